The normalized spacial score (nSPS) is 13.4. The average molecular weight is 397 g/mol. The highest BCUT2D eigenvalue weighted by Crippen LogP contribution is 2.29. The van der Waals surface area contributed by atoms with Crippen LogP contribution in [0.25, 0.3) is 16.8 Å². The molecule has 1 N–H and O–H groups in total. The highest BCUT2D eigenvalue weighted by atomic mass is 16.1. The van der Waals surface area contributed by atoms with E-state index in [0.29, 0.717) is 11.6 Å². The summed E-state index contributed by atoms with van der Waals surface area (Å²) in [6.07, 6.45) is 5.79. The summed E-state index contributed by atoms with van der Waals surface area (Å²) in [5, 5.41) is 7.62. The number of aromatic nitrogens is 3. The van der Waals surface area contributed by atoms with Crippen molar-refractivity contribution >= 4 is 23.1 Å². The van der Waals surface area contributed by atoms with Crippen molar-refractivity contribution in [1.82, 2.24) is 19.9 Å². The van der Waals surface area contributed by atoms with E-state index < -0.39 is 0 Å². The van der Waals surface area contributed by atoms with Gasteiger partial charge < -0.3 is 10.2 Å². The van der Waals surface area contributed by atoms with Gasteiger partial charge in [-0.15, -0.1) is 0 Å². The minimum absolute atomic E-state index is 0.0101. The van der Waals surface area contributed by atoms with Crippen molar-refractivity contribution in [2.45, 2.75) is 25.8 Å². The van der Waals surface area contributed by atoms with E-state index in [-0.39, 0.29) is 5.91 Å². The number of aryl methyl sites for hydroxylation is 1. The molecule has 6 nitrogen and oxygen atoms in total. The molecular formula is C24H23N5O. The highest BCUT2D eigenvalue weighted by Gasteiger charge is 2.23. The number of carbonyl (C=O) groups is 1. The lowest BCUT2D eigenvalue weighted by molar-refractivity contribution is 0.0951. The van der Waals surface area contributed by atoms with Crippen LogP contribution in [-0.2, 0) is 0 Å². The Balaban J connectivity index is 1.48. The average Bonchev–Trinajstić information content (AvgIpc) is 3.47. The summed E-state index contributed by atoms with van der Waals surface area (Å²) in [5.41, 5.74) is 5.67. The van der Waals surface area contributed by atoms with Gasteiger partial charge in [0.2, 0.25) is 0 Å². The van der Waals surface area contributed by atoms with Gasteiger partial charge >= 0.3 is 0 Å². The maximum absolute atomic E-state index is 12.2. The van der Waals surface area contributed by atoms with Gasteiger partial charge in [-0.25, -0.2) is 4.98 Å². The van der Waals surface area contributed by atoms with E-state index in [9.17, 15) is 4.79 Å². The summed E-state index contributed by atoms with van der Waals surface area (Å²) in [6, 6.07) is 18.3. The zero-order valence-electron chi connectivity index (χ0n) is 17.0. The molecule has 1 amide bonds. The van der Waals surface area contributed by atoms with Crippen LogP contribution in [0.3, 0.4) is 0 Å². The van der Waals surface area contributed by atoms with Gasteiger partial charge in [0.1, 0.15) is 5.82 Å². The molecule has 150 valence electrons. The Morgan fingerprint density at radius 2 is 1.93 bits per heavy atom. The summed E-state index contributed by atoms with van der Waals surface area (Å²) < 4.78 is 1.85. The predicted molar refractivity (Wildman–Crippen MR) is 118 cm³/mol. The fourth-order valence-electron chi connectivity index (χ4n) is 3.60. The van der Waals surface area contributed by atoms with Crippen LogP contribution in [0.2, 0.25) is 0 Å². The third kappa shape index (κ3) is 3.41. The van der Waals surface area contributed by atoms with Crippen molar-refractivity contribution < 1.29 is 4.79 Å². The van der Waals surface area contributed by atoms with Gasteiger partial charge in [-0.05, 0) is 61.2 Å². The first-order valence-corrected chi connectivity index (χ1v) is 10.1. The molecule has 4 aromatic rings. The first kappa shape index (κ1) is 18.4. The van der Waals surface area contributed by atoms with Crippen LogP contribution < -0.4 is 10.2 Å². The standard InChI is InChI=1S/C24H23N5O/c1-16-4-3-5-20(14-16)28(2)22-12-13-25-23-21(15-26-29(22)23)17-6-8-18(9-7-17)24(30)27-19-10-11-19/h3-9,12-15,19H,10-11H2,1-2H3,(H,27,30). The van der Waals surface area contributed by atoms with Gasteiger partial charge in [0.05, 0.1) is 6.20 Å². The van der Waals surface area contributed by atoms with Crippen LogP contribution in [0, 0.1) is 6.92 Å². The lowest BCUT2D eigenvalue weighted by Crippen LogP contribution is -2.25. The zero-order valence-corrected chi connectivity index (χ0v) is 17.0. The molecular weight excluding hydrogens is 374 g/mol. The third-order valence-corrected chi connectivity index (χ3v) is 5.48. The van der Waals surface area contributed by atoms with Crippen LogP contribution in [0.1, 0.15) is 28.8 Å². The summed E-state index contributed by atoms with van der Waals surface area (Å²) >= 11 is 0. The molecule has 1 aliphatic carbocycles. The second-order valence-corrected chi connectivity index (χ2v) is 7.82. The predicted octanol–water partition coefficient (Wildman–Crippen LogP) is 4.36. The Morgan fingerprint density at radius 1 is 1.13 bits per heavy atom. The van der Waals surface area contributed by atoms with Crippen molar-refractivity contribution in [3.05, 3.63) is 78.1 Å². The molecule has 0 saturated heterocycles. The van der Waals surface area contributed by atoms with Crippen molar-refractivity contribution in [3.8, 4) is 11.1 Å². The molecule has 0 spiro atoms. The zero-order chi connectivity index (χ0) is 20.7. The number of anilines is 2. The first-order chi connectivity index (χ1) is 14.6. The second kappa shape index (κ2) is 7.30. The van der Waals surface area contributed by atoms with E-state index in [0.717, 1.165) is 41.1 Å². The fourth-order valence-corrected chi connectivity index (χ4v) is 3.60. The Kier molecular flexibility index (Phi) is 4.47. The van der Waals surface area contributed by atoms with Crippen LogP contribution in [-0.4, -0.2) is 33.6 Å². The largest absolute Gasteiger partial charge is 0.349 e. The Labute approximate surface area is 175 Å². The van der Waals surface area contributed by atoms with Crippen LogP contribution in [0.4, 0.5) is 11.5 Å². The second-order valence-electron chi connectivity index (χ2n) is 7.82. The summed E-state index contributed by atoms with van der Waals surface area (Å²) in [6.45, 7) is 2.08. The molecule has 0 aliphatic heterocycles. The van der Waals surface area contributed by atoms with Crippen molar-refractivity contribution in [2.24, 2.45) is 0 Å². The van der Waals surface area contributed by atoms with Crippen molar-refractivity contribution in [2.75, 3.05) is 11.9 Å². The molecule has 2 aromatic heterocycles. The summed E-state index contributed by atoms with van der Waals surface area (Å²) in [4.78, 5) is 18.9. The Bertz CT molecular complexity index is 1220. The number of nitrogens with zero attached hydrogens (tertiary/aromatic N) is 4. The van der Waals surface area contributed by atoms with E-state index >= 15 is 0 Å². The minimum atomic E-state index is -0.0101. The number of rotatable bonds is 5. The molecule has 0 unspecified atom stereocenters. The summed E-state index contributed by atoms with van der Waals surface area (Å²) in [5.74, 6) is 0.918. The maximum atomic E-state index is 12.2. The lowest BCUT2D eigenvalue weighted by atomic mass is 10.1. The van der Waals surface area contributed by atoms with E-state index in [1.165, 1.54) is 5.56 Å². The van der Waals surface area contributed by atoms with Gasteiger partial charge in [-0.3, -0.25) is 4.79 Å². The lowest BCUT2D eigenvalue weighted by Gasteiger charge is -2.20. The van der Waals surface area contributed by atoms with E-state index in [4.69, 9.17) is 0 Å². The molecule has 2 heterocycles. The Hall–Kier alpha value is -3.67. The molecule has 30 heavy (non-hydrogen) atoms. The van der Waals surface area contributed by atoms with E-state index in [2.05, 4.69) is 51.5 Å². The monoisotopic (exact) mass is 397 g/mol. The number of amides is 1. The van der Waals surface area contributed by atoms with Gasteiger partial charge in [-0.1, -0.05) is 24.3 Å². The number of hydrogen-bond donors (Lipinski definition) is 1. The molecule has 6 heteroatoms. The number of carbonyl (C=O) groups excluding carboxylic acids is 1. The quantitative estimate of drug-likeness (QED) is 0.543. The van der Waals surface area contributed by atoms with E-state index in [1.54, 1.807) is 6.20 Å². The minimum Gasteiger partial charge on any atom is -0.349 e. The molecule has 0 radical (unpaired) electrons. The number of benzene rings is 2. The molecule has 0 bridgehead atoms. The van der Waals surface area contributed by atoms with Crippen molar-refractivity contribution in [3.63, 3.8) is 0 Å². The van der Waals surface area contributed by atoms with Crippen LogP contribution in [0.15, 0.2) is 67.0 Å². The van der Waals surface area contributed by atoms with Gasteiger partial charge in [0, 0.05) is 36.1 Å². The number of hydrogen-bond acceptors (Lipinski definition) is 4. The van der Waals surface area contributed by atoms with E-state index in [1.807, 2.05) is 48.1 Å². The summed E-state index contributed by atoms with van der Waals surface area (Å²) in [7, 11) is 2.03. The fraction of sp³-hybridized carbons (Fsp3) is 0.208. The molecule has 0 atom stereocenters. The Morgan fingerprint density at radius 3 is 2.67 bits per heavy atom. The number of nitrogens with one attached hydrogen (secondary N) is 1. The topological polar surface area (TPSA) is 62.5 Å². The van der Waals surface area contributed by atoms with Crippen molar-refractivity contribution in [1.29, 1.82) is 0 Å². The van der Waals surface area contributed by atoms with Gasteiger partial charge in [0.15, 0.2) is 5.65 Å². The molecule has 2 aromatic carbocycles. The van der Waals surface area contributed by atoms with Crippen LogP contribution >= 0.6 is 0 Å². The maximum Gasteiger partial charge on any atom is 0.251 e. The molecule has 1 aliphatic rings. The smallest absolute Gasteiger partial charge is 0.251 e. The first-order valence-electron chi connectivity index (χ1n) is 10.1. The highest BCUT2D eigenvalue weighted by molar-refractivity contribution is 5.95. The molecule has 1 saturated carbocycles. The molecule has 1 fully saturated rings. The SMILES string of the molecule is Cc1cccc(N(C)c2ccnc3c(-c4ccc(C(=O)NC5CC5)cc4)cnn23)c1. The number of fused-ring (bicyclic) bond motifs is 1. The van der Waals surface area contributed by atoms with Crippen LogP contribution in [0.5, 0.6) is 0 Å². The van der Waals surface area contributed by atoms with Gasteiger partial charge in [-0.2, -0.15) is 9.61 Å². The van der Waals surface area contributed by atoms with Gasteiger partial charge in [0.25, 0.3) is 5.91 Å². The third-order valence-electron chi connectivity index (χ3n) is 5.48. The molecule has 5 rings (SSSR count).